The molecule has 0 saturated carbocycles. The molecular weight excluding hydrogens is 350 g/mol. The topological polar surface area (TPSA) is 67.6 Å². The molecule has 1 saturated heterocycles. The van der Waals surface area contributed by atoms with Gasteiger partial charge in [-0.25, -0.2) is 4.68 Å². The molecule has 1 aromatic carbocycles. The number of nitrogens with zero attached hydrogens (tertiary/aromatic N) is 3. The number of benzene rings is 1. The molecule has 4 rings (SSSR count). The van der Waals surface area contributed by atoms with E-state index >= 15 is 0 Å². The van der Waals surface area contributed by atoms with E-state index in [0.717, 1.165) is 29.0 Å². The maximum atomic E-state index is 12.8. The van der Waals surface area contributed by atoms with Gasteiger partial charge in [0.25, 0.3) is 5.56 Å². The third kappa shape index (κ3) is 3.57. The molecule has 6 nitrogen and oxygen atoms in total. The van der Waals surface area contributed by atoms with E-state index in [1.165, 1.54) is 4.68 Å². The van der Waals surface area contributed by atoms with Gasteiger partial charge in [0.2, 0.25) is 0 Å². The minimum absolute atomic E-state index is 0.165. The Morgan fingerprint density at radius 1 is 1.12 bits per heavy atom. The van der Waals surface area contributed by atoms with Gasteiger partial charge >= 0.3 is 0 Å². The van der Waals surface area contributed by atoms with E-state index in [1.54, 1.807) is 11.3 Å². The summed E-state index contributed by atoms with van der Waals surface area (Å²) in [5.41, 5.74) is 0.621. The Morgan fingerprint density at radius 2 is 1.88 bits per heavy atom. The monoisotopic (exact) mass is 371 g/mol. The van der Waals surface area contributed by atoms with E-state index in [9.17, 15) is 9.90 Å². The lowest BCUT2D eigenvalue weighted by molar-refractivity contribution is 0.0106. The van der Waals surface area contributed by atoms with Crippen molar-refractivity contribution in [2.45, 2.75) is 12.6 Å². The highest BCUT2D eigenvalue weighted by atomic mass is 32.1. The fraction of sp³-hybridized carbons (Fsp3) is 0.368. The summed E-state index contributed by atoms with van der Waals surface area (Å²) in [4.78, 5) is 16.0. The molecule has 0 bridgehead atoms. The third-order valence-corrected chi connectivity index (χ3v) is 5.46. The van der Waals surface area contributed by atoms with Crippen molar-refractivity contribution >= 4 is 22.1 Å². The number of aromatic nitrogens is 2. The first-order chi connectivity index (χ1) is 12.7. The van der Waals surface area contributed by atoms with Crippen molar-refractivity contribution in [3.05, 3.63) is 52.1 Å². The van der Waals surface area contributed by atoms with Crippen molar-refractivity contribution in [1.82, 2.24) is 14.7 Å². The first kappa shape index (κ1) is 17.4. The van der Waals surface area contributed by atoms with Gasteiger partial charge in [-0.15, -0.1) is 11.3 Å². The van der Waals surface area contributed by atoms with Crippen LogP contribution in [0.1, 0.15) is 0 Å². The van der Waals surface area contributed by atoms with E-state index in [4.69, 9.17) is 4.74 Å². The minimum atomic E-state index is -0.657. The van der Waals surface area contributed by atoms with Crippen molar-refractivity contribution < 1.29 is 9.84 Å². The molecule has 2 aromatic heterocycles. The van der Waals surface area contributed by atoms with Gasteiger partial charge in [-0.3, -0.25) is 9.69 Å². The van der Waals surface area contributed by atoms with Crippen LogP contribution in [-0.4, -0.2) is 58.7 Å². The number of β-amino-alcohol motifs (C(OH)–C–C–N with tert-alkyl or cyclic N) is 1. The quantitative estimate of drug-likeness (QED) is 0.741. The second-order valence-electron chi connectivity index (χ2n) is 6.43. The summed E-state index contributed by atoms with van der Waals surface area (Å²) in [5, 5.41) is 18.6. The number of aliphatic hydroxyl groups excluding tert-OH is 1. The summed E-state index contributed by atoms with van der Waals surface area (Å²) in [6, 6.07) is 11.5. The number of thiophene rings is 1. The number of morpholine rings is 1. The van der Waals surface area contributed by atoms with Gasteiger partial charge in [0.05, 0.1) is 36.1 Å². The van der Waals surface area contributed by atoms with Gasteiger partial charge < -0.3 is 9.84 Å². The van der Waals surface area contributed by atoms with Crippen LogP contribution in [0.2, 0.25) is 0 Å². The highest BCUT2D eigenvalue weighted by molar-refractivity contribution is 7.13. The Labute approximate surface area is 155 Å². The summed E-state index contributed by atoms with van der Waals surface area (Å²) in [7, 11) is 0. The van der Waals surface area contributed by atoms with E-state index in [0.29, 0.717) is 25.1 Å². The van der Waals surface area contributed by atoms with E-state index in [1.807, 2.05) is 41.8 Å². The van der Waals surface area contributed by atoms with Gasteiger partial charge in [0.15, 0.2) is 0 Å². The fourth-order valence-electron chi connectivity index (χ4n) is 3.29. The van der Waals surface area contributed by atoms with E-state index < -0.39 is 6.10 Å². The first-order valence-electron chi connectivity index (χ1n) is 8.74. The predicted molar refractivity (Wildman–Crippen MR) is 103 cm³/mol. The zero-order valence-corrected chi connectivity index (χ0v) is 15.2. The van der Waals surface area contributed by atoms with Crippen LogP contribution in [-0.2, 0) is 11.3 Å². The first-order valence-corrected chi connectivity index (χ1v) is 9.62. The SMILES string of the molecule is O=c1c2ccccc2c(-c2cccs2)nn1C[C@@H](O)CN1CCOCC1. The van der Waals surface area contributed by atoms with Gasteiger partial charge in [-0.1, -0.05) is 24.3 Å². The molecule has 0 spiro atoms. The van der Waals surface area contributed by atoms with Crippen LogP contribution < -0.4 is 5.56 Å². The number of aliphatic hydroxyl groups is 1. The molecule has 7 heteroatoms. The zero-order valence-electron chi connectivity index (χ0n) is 14.4. The second kappa shape index (κ2) is 7.67. The van der Waals surface area contributed by atoms with Crippen LogP contribution in [0.3, 0.4) is 0 Å². The van der Waals surface area contributed by atoms with Crippen LogP contribution >= 0.6 is 11.3 Å². The molecule has 1 aliphatic heterocycles. The fourth-order valence-corrected chi connectivity index (χ4v) is 4.02. The maximum absolute atomic E-state index is 12.8. The van der Waals surface area contributed by atoms with Gasteiger partial charge in [-0.2, -0.15) is 5.10 Å². The van der Waals surface area contributed by atoms with Crippen LogP contribution in [0.5, 0.6) is 0 Å². The Morgan fingerprint density at radius 3 is 2.62 bits per heavy atom. The Kier molecular flexibility index (Phi) is 5.12. The van der Waals surface area contributed by atoms with Gasteiger partial charge in [0.1, 0.15) is 5.69 Å². The summed E-state index contributed by atoms with van der Waals surface area (Å²) < 4.78 is 6.74. The number of fused-ring (bicyclic) bond motifs is 1. The normalized spacial score (nSPS) is 16.8. The van der Waals surface area contributed by atoms with Crippen molar-refractivity contribution in [2.75, 3.05) is 32.8 Å². The smallest absolute Gasteiger partial charge is 0.274 e. The molecule has 26 heavy (non-hydrogen) atoms. The molecule has 1 aliphatic rings. The van der Waals surface area contributed by atoms with Crippen molar-refractivity contribution in [3.8, 4) is 10.6 Å². The average Bonchev–Trinajstić information content (AvgIpc) is 3.19. The maximum Gasteiger partial charge on any atom is 0.274 e. The van der Waals surface area contributed by atoms with Crippen LogP contribution in [0.4, 0.5) is 0 Å². The molecular formula is C19H21N3O3S. The minimum Gasteiger partial charge on any atom is -0.390 e. The molecule has 136 valence electrons. The number of ether oxygens (including phenoxy) is 1. The molecule has 0 aliphatic carbocycles. The van der Waals surface area contributed by atoms with Crippen molar-refractivity contribution in [2.24, 2.45) is 0 Å². The van der Waals surface area contributed by atoms with Gasteiger partial charge in [0, 0.05) is 25.0 Å². The molecule has 3 heterocycles. The van der Waals surface area contributed by atoms with Crippen LogP contribution in [0, 0.1) is 0 Å². The van der Waals surface area contributed by atoms with Gasteiger partial charge in [-0.05, 0) is 17.5 Å². The highest BCUT2D eigenvalue weighted by Crippen LogP contribution is 2.28. The second-order valence-corrected chi connectivity index (χ2v) is 7.37. The summed E-state index contributed by atoms with van der Waals surface area (Å²) >= 11 is 1.59. The molecule has 0 radical (unpaired) electrons. The lowest BCUT2D eigenvalue weighted by Gasteiger charge is -2.28. The Hall–Kier alpha value is -2.06. The highest BCUT2D eigenvalue weighted by Gasteiger charge is 2.18. The summed E-state index contributed by atoms with van der Waals surface area (Å²) in [6.45, 7) is 3.67. The van der Waals surface area contributed by atoms with E-state index in [2.05, 4.69) is 10.00 Å². The average molecular weight is 371 g/mol. The molecule has 1 N–H and O–H groups in total. The molecule has 3 aromatic rings. The Bertz CT molecular complexity index is 933. The predicted octanol–water partition coefficient (Wildman–Crippen LogP) is 1.82. The molecule has 1 atom stereocenters. The van der Waals surface area contributed by atoms with Crippen LogP contribution in [0.25, 0.3) is 21.3 Å². The standard InChI is InChI=1S/C19H21N3O3S/c23-14(12-21-7-9-25-10-8-21)13-22-19(24)16-5-2-1-4-15(16)18(20-22)17-6-3-11-26-17/h1-6,11,14,23H,7-10,12-13H2/t14-/m0/s1. The van der Waals surface area contributed by atoms with E-state index in [-0.39, 0.29) is 12.1 Å². The Balaban J connectivity index is 1.66. The summed E-state index contributed by atoms with van der Waals surface area (Å²) in [5.74, 6) is 0. The largest absolute Gasteiger partial charge is 0.390 e. The van der Waals surface area contributed by atoms with Crippen LogP contribution in [0.15, 0.2) is 46.6 Å². The number of hydrogen-bond acceptors (Lipinski definition) is 6. The summed E-state index contributed by atoms with van der Waals surface area (Å²) in [6.07, 6.45) is -0.657. The lowest BCUT2D eigenvalue weighted by atomic mass is 10.1. The molecule has 1 fully saturated rings. The zero-order chi connectivity index (χ0) is 17.9. The number of rotatable bonds is 5. The molecule has 0 amide bonds. The van der Waals surface area contributed by atoms with Crippen molar-refractivity contribution in [1.29, 1.82) is 0 Å². The van der Waals surface area contributed by atoms with Crippen molar-refractivity contribution in [3.63, 3.8) is 0 Å². The third-order valence-electron chi connectivity index (χ3n) is 4.58. The number of hydrogen-bond donors (Lipinski definition) is 1. The molecule has 0 unspecified atom stereocenters. The lowest BCUT2D eigenvalue weighted by Crippen LogP contribution is -2.43.